The first kappa shape index (κ1) is 14.0. The molecule has 2 rings (SSSR count). The number of fused-ring (bicyclic) bond motifs is 1. The second-order valence-corrected chi connectivity index (χ2v) is 4.46. The van der Waals surface area contributed by atoms with Crippen molar-refractivity contribution < 1.29 is 14.0 Å². The van der Waals surface area contributed by atoms with Gasteiger partial charge in [-0.25, -0.2) is 4.39 Å². The standard InChI is InChI=1S/C13H13FN4O2/c14-9(8-16-17-15)4-3-7-18-12(19)10-5-1-2-6-11(10)13(18)20/h1-2,5-6,9H,3-4,7-8H2. The predicted octanol–water partition coefficient (Wildman–Crippen LogP) is 2.71. The van der Waals surface area contributed by atoms with E-state index in [0.717, 1.165) is 4.90 Å². The van der Waals surface area contributed by atoms with E-state index in [9.17, 15) is 14.0 Å². The van der Waals surface area contributed by atoms with E-state index in [1.165, 1.54) is 0 Å². The van der Waals surface area contributed by atoms with Crippen LogP contribution in [-0.4, -0.2) is 36.0 Å². The Hall–Kier alpha value is -2.40. The zero-order valence-corrected chi connectivity index (χ0v) is 10.7. The number of benzene rings is 1. The number of azide groups is 1. The number of hydrogen-bond acceptors (Lipinski definition) is 3. The molecule has 20 heavy (non-hydrogen) atoms. The summed E-state index contributed by atoms with van der Waals surface area (Å²) in [5.74, 6) is -0.674. The van der Waals surface area contributed by atoms with Crippen LogP contribution in [0.3, 0.4) is 0 Å². The lowest BCUT2D eigenvalue weighted by atomic mass is 10.1. The molecule has 0 aromatic heterocycles. The molecule has 0 aliphatic carbocycles. The van der Waals surface area contributed by atoms with Crippen LogP contribution in [0.2, 0.25) is 0 Å². The van der Waals surface area contributed by atoms with Gasteiger partial charge < -0.3 is 0 Å². The summed E-state index contributed by atoms with van der Waals surface area (Å²) in [4.78, 5) is 27.6. The Morgan fingerprint density at radius 2 is 1.85 bits per heavy atom. The van der Waals surface area contributed by atoms with Crippen molar-refractivity contribution in [3.8, 4) is 0 Å². The van der Waals surface area contributed by atoms with Gasteiger partial charge in [0.2, 0.25) is 0 Å². The molecule has 0 fully saturated rings. The molecule has 0 spiro atoms. The number of amides is 2. The van der Waals surface area contributed by atoms with Crippen molar-refractivity contribution in [1.82, 2.24) is 4.90 Å². The fraction of sp³-hybridized carbons (Fsp3) is 0.385. The van der Waals surface area contributed by atoms with Gasteiger partial charge in [-0.15, -0.1) is 0 Å². The quantitative estimate of drug-likeness (QED) is 0.346. The topological polar surface area (TPSA) is 86.1 Å². The molecule has 1 aromatic rings. The number of rotatable bonds is 6. The highest BCUT2D eigenvalue weighted by Gasteiger charge is 2.34. The fourth-order valence-electron chi connectivity index (χ4n) is 2.13. The summed E-state index contributed by atoms with van der Waals surface area (Å²) in [5, 5.41) is 3.14. The third-order valence-corrected chi connectivity index (χ3v) is 3.12. The molecule has 104 valence electrons. The molecule has 6 nitrogen and oxygen atoms in total. The molecular weight excluding hydrogens is 263 g/mol. The largest absolute Gasteiger partial charge is 0.274 e. The monoisotopic (exact) mass is 276 g/mol. The second kappa shape index (κ2) is 6.16. The highest BCUT2D eigenvalue weighted by atomic mass is 19.1. The molecule has 1 unspecified atom stereocenters. The molecule has 0 saturated carbocycles. The molecule has 1 aliphatic heterocycles. The van der Waals surface area contributed by atoms with Crippen molar-refractivity contribution in [2.24, 2.45) is 5.11 Å². The maximum atomic E-state index is 13.3. The second-order valence-electron chi connectivity index (χ2n) is 4.46. The van der Waals surface area contributed by atoms with Crippen LogP contribution in [0.1, 0.15) is 33.6 Å². The number of alkyl halides is 1. The molecule has 1 aromatic carbocycles. The predicted molar refractivity (Wildman–Crippen MR) is 70.0 cm³/mol. The highest BCUT2D eigenvalue weighted by molar-refractivity contribution is 6.21. The Kier molecular flexibility index (Phi) is 4.32. The maximum Gasteiger partial charge on any atom is 0.261 e. The van der Waals surface area contributed by atoms with E-state index in [4.69, 9.17) is 5.53 Å². The van der Waals surface area contributed by atoms with Crippen molar-refractivity contribution in [2.75, 3.05) is 13.1 Å². The first-order valence-electron chi connectivity index (χ1n) is 6.25. The summed E-state index contributed by atoms with van der Waals surface area (Å²) in [5.41, 5.74) is 8.86. The summed E-state index contributed by atoms with van der Waals surface area (Å²) in [6, 6.07) is 6.61. The first-order chi connectivity index (χ1) is 9.65. The van der Waals surface area contributed by atoms with Crippen molar-refractivity contribution in [3.63, 3.8) is 0 Å². The van der Waals surface area contributed by atoms with Crippen LogP contribution in [0.25, 0.3) is 10.4 Å². The van der Waals surface area contributed by atoms with Crippen LogP contribution in [0.5, 0.6) is 0 Å². The van der Waals surface area contributed by atoms with E-state index in [2.05, 4.69) is 10.0 Å². The molecule has 2 amide bonds. The average molecular weight is 276 g/mol. The molecule has 0 bridgehead atoms. The van der Waals surface area contributed by atoms with Crippen molar-refractivity contribution in [3.05, 3.63) is 45.8 Å². The molecule has 0 radical (unpaired) electrons. The Balaban J connectivity index is 1.91. The first-order valence-corrected chi connectivity index (χ1v) is 6.25. The van der Waals surface area contributed by atoms with Crippen LogP contribution in [-0.2, 0) is 0 Å². The van der Waals surface area contributed by atoms with Gasteiger partial charge in [0.25, 0.3) is 11.8 Å². The van der Waals surface area contributed by atoms with E-state index < -0.39 is 6.17 Å². The Morgan fingerprint density at radius 3 is 2.40 bits per heavy atom. The normalized spacial score (nSPS) is 14.9. The van der Waals surface area contributed by atoms with Gasteiger partial charge in [0.05, 0.1) is 17.7 Å². The van der Waals surface area contributed by atoms with Gasteiger partial charge in [-0.1, -0.05) is 17.2 Å². The number of imide groups is 1. The van der Waals surface area contributed by atoms with Gasteiger partial charge in [-0.3, -0.25) is 14.5 Å². The molecule has 1 atom stereocenters. The number of halogens is 1. The van der Waals surface area contributed by atoms with E-state index in [-0.39, 0.29) is 31.3 Å². The fourth-order valence-corrected chi connectivity index (χ4v) is 2.13. The summed E-state index contributed by atoms with van der Waals surface area (Å²) in [7, 11) is 0. The van der Waals surface area contributed by atoms with Crippen LogP contribution in [0, 0.1) is 0 Å². The van der Waals surface area contributed by atoms with Crippen molar-refractivity contribution in [2.45, 2.75) is 19.0 Å². The van der Waals surface area contributed by atoms with E-state index in [0.29, 0.717) is 17.5 Å². The Bertz CT molecular complexity index is 548. The summed E-state index contributed by atoms with van der Waals surface area (Å²) in [6.45, 7) is -0.0539. The smallest absolute Gasteiger partial charge is 0.261 e. The third kappa shape index (κ3) is 2.78. The molecule has 1 aliphatic rings. The molecule has 0 N–H and O–H groups in total. The lowest BCUT2D eigenvalue weighted by Crippen LogP contribution is -2.31. The summed E-state index contributed by atoms with van der Waals surface area (Å²) >= 11 is 0. The van der Waals surface area contributed by atoms with Crippen molar-refractivity contribution in [1.29, 1.82) is 0 Å². The minimum Gasteiger partial charge on any atom is -0.274 e. The lowest BCUT2D eigenvalue weighted by molar-refractivity contribution is 0.0648. The third-order valence-electron chi connectivity index (χ3n) is 3.12. The Morgan fingerprint density at radius 1 is 1.25 bits per heavy atom. The minimum atomic E-state index is -1.25. The highest BCUT2D eigenvalue weighted by Crippen LogP contribution is 2.22. The lowest BCUT2D eigenvalue weighted by Gasteiger charge is -2.14. The SMILES string of the molecule is [N-]=[N+]=NCC(F)CCCN1C(=O)c2ccccc2C1=O. The summed E-state index contributed by atoms with van der Waals surface area (Å²) in [6.07, 6.45) is -0.763. The Labute approximate surface area is 114 Å². The van der Waals surface area contributed by atoms with E-state index in [1.807, 2.05) is 0 Å². The van der Waals surface area contributed by atoms with Gasteiger partial charge in [0.1, 0.15) is 6.17 Å². The van der Waals surface area contributed by atoms with Gasteiger partial charge in [-0.05, 0) is 30.5 Å². The summed E-state index contributed by atoms with van der Waals surface area (Å²) < 4.78 is 13.3. The number of hydrogen-bond donors (Lipinski definition) is 0. The van der Waals surface area contributed by atoms with Gasteiger partial charge in [-0.2, -0.15) is 0 Å². The number of nitrogens with zero attached hydrogens (tertiary/aromatic N) is 4. The van der Waals surface area contributed by atoms with E-state index in [1.54, 1.807) is 24.3 Å². The average Bonchev–Trinajstić information content (AvgIpc) is 2.70. The van der Waals surface area contributed by atoms with Crippen LogP contribution in [0.15, 0.2) is 29.4 Å². The van der Waals surface area contributed by atoms with Crippen LogP contribution < -0.4 is 0 Å². The van der Waals surface area contributed by atoms with Crippen LogP contribution in [0.4, 0.5) is 4.39 Å². The van der Waals surface area contributed by atoms with Crippen LogP contribution >= 0.6 is 0 Å². The minimum absolute atomic E-state index is 0.145. The zero-order valence-electron chi connectivity index (χ0n) is 10.7. The van der Waals surface area contributed by atoms with Crippen molar-refractivity contribution >= 4 is 11.8 Å². The molecule has 7 heteroatoms. The van der Waals surface area contributed by atoms with Gasteiger partial charge in [0, 0.05) is 11.5 Å². The zero-order chi connectivity index (χ0) is 14.5. The number of carbonyl (C=O) groups is 2. The molecule has 1 heterocycles. The van der Waals surface area contributed by atoms with Gasteiger partial charge >= 0.3 is 0 Å². The number of carbonyl (C=O) groups excluding carboxylic acids is 2. The molecular formula is C13H13FN4O2. The maximum absolute atomic E-state index is 13.3. The van der Waals surface area contributed by atoms with E-state index >= 15 is 0 Å². The molecule has 0 saturated heterocycles. The van der Waals surface area contributed by atoms with Gasteiger partial charge in [0.15, 0.2) is 0 Å².